The van der Waals surface area contributed by atoms with Gasteiger partial charge in [-0.1, -0.05) is 162 Å². The molecule has 0 spiro atoms. The largest absolute Gasteiger partial charge is 0.508 e. The zero-order valence-corrected chi connectivity index (χ0v) is 73.1. The summed E-state index contributed by atoms with van der Waals surface area (Å²) in [5.74, 6) is -4.53. The van der Waals surface area contributed by atoms with Crippen molar-refractivity contribution in [3.63, 3.8) is 0 Å². The summed E-state index contributed by atoms with van der Waals surface area (Å²) < 4.78 is 76.2. The Morgan fingerprint density at radius 3 is 1.18 bits per heavy atom. The number of aromatic hydroxyl groups is 1. The van der Waals surface area contributed by atoms with Gasteiger partial charge in [0.2, 0.25) is 0 Å². The summed E-state index contributed by atoms with van der Waals surface area (Å²) in [6, 6.07) is 44.7. The minimum atomic E-state index is -1.03. The van der Waals surface area contributed by atoms with Crippen molar-refractivity contribution in [3.05, 3.63) is 320 Å². The van der Waals surface area contributed by atoms with Gasteiger partial charge in [0.05, 0.1) is 76.0 Å². The number of amides is 3. The molecule has 8 aromatic carbocycles. The number of hydrogen-bond acceptors (Lipinski definition) is 13. The average molecular weight is 1820 g/mol. The third-order valence-corrected chi connectivity index (χ3v) is 25.3. The second-order valence-corrected chi connectivity index (χ2v) is 34.5. The summed E-state index contributed by atoms with van der Waals surface area (Å²) in [5.41, 5.74) is 11.4. The number of ether oxygens (including phenoxy) is 3. The Bertz CT molecular complexity index is 5610. The standard InChI is InChI=1S/C32H29Cl2F2N3O3.C32H30Cl2FN3O4.C32H32Cl2FN3O3/c1-42-32(41)27(17-19-9-12-23(35)13-10-19)37-31(40)29-25-8-3-2-6-21(15-20-5-4-7-24(36)16-20)30(25)39(38-29)28-14-11-22(33)18-26(28)34;1-42-32(41)27(17-19-9-12-24(39)13-10-19)36-31(40)29-25-8-3-2-6-21(15-20-5-4-7-23(35)16-20)30(25)38(37-29)28-14-11-22(33)18-26(28)34;1-2-41-32(40)27-19-10-11-20(16-19)28(27)36-31(39)29-24-9-4-3-7-21(14-18-6-5-8-23(35)15-18)30(24)38(37-29)26-13-12-22(33)17-25(26)34/h4-5,7,9-14,16,18,21,27H,2-3,6,8,15,17H2,1H3,(H,37,40);4-5,7,9-14,16,18,21,27,39H,2-3,6,8,15,17H2,1H3,(H,36,40);5-6,8,10-13,15,17,19-21,27-28H,2-4,7,9,14,16H2,1H3,(H,36,39)/t2*21-,27+;19?,20?,21-,27-,28+/m000/s1. The lowest BCUT2D eigenvalue weighted by atomic mass is 9.88. The number of esters is 3. The van der Waals surface area contributed by atoms with Crippen LogP contribution in [0.1, 0.15) is 182 Å². The Labute approximate surface area is 751 Å². The molecule has 9 atom stereocenters. The number of fused-ring (bicyclic) bond motifs is 5. The number of methoxy groups -OCH3 is 2. The molecule has 0 radical (unpaired) electrons. The monoisotopic (exact) mass is 1820 g/mol. The fourth-order valence-electron chi connectivity index (χ4n) is 18.0. The molecule has 1 saturated carbocycles. The number of hydrogen-bond donors (Lipinski definition) is 4. The maximum Gasteiger partial charge on any atom is 0.328 e. The third-order valence-electron chi connectivity index (χ3n) is 23.7. The van der Waals surface area contributed by atoms with E-state index in [1.807, 2.05) is 18.2 Å². The summed E-state index contributed by atoms with van der Waals surface area (Å²) in [4.78, 5) is 80.0. The molecule has 125 heavy (non-hydrogen) atoms. The molecule has 2 bridgehead atoms. The number of benzene rings is 8. The molecule has 1 fully saturated rings. The first kappa shape index (κ1) is 90.5. The third kappa shape index (κ3) is 21.5. The minimum Gasteiger partial charge on any atom is -0.508 e. The van der Waals surface area contributed by atoms with Crippen molar-refractivity contribution in [1.29, 1.82) is 0 Å². The maximum atomic E-state index is 14.1. The number of nitrogens with one attached hydrogen (secondary N) is 3. The van der Waals surface area contributed by atoms with Gasteiger partial charge in [-0.05, 0) is 245 Å². The van der Waals surface area contributed by atoms with Gasteiger partial charge >= 0.3 is 17.9 Å². The van der Waals surface area contributed by atoms with Gasteiger partial charge < -0.3 is 35.3 Å². The van der Waals surface area contributed by atoms with Crippen LogP contribution < -0.4 is 16.0 Å². The number of aromatic nitrogens is 6. The highest BCUT2D eigenvalue weighted by Gasteiger charge is 2.50. The van der Waals surface area contributed by atoms with Crippen molar-refractivity contribution in [3.8, 4) is 22.8 Å². The lowest BCUT2D eigenvalue weighted by molar-refractivity contribution is -0.149. The molecular weight excluding hydrogens is 1730 g/mol. The minimum absolute atomic E-state index is 0.00667. The first-order chi connectivity index (χ1) is 60.3. The van der Waals surface area contributed by atoms with Crippen LogP contribution in [0.4, 0.5) is 17.6 Å². The van der Waals surface area contributed by atoms with Crippen LogP contribution in [-0.4, -0.2) is 109 Å². The fraction of sp³-hybridized carbons (Fsp3) is 0.323. The molecule has 5 aliphatic rings. The highest BCUT2D eigenvalue weighted by molar-refractivity contribution is 6.37. The topological polar surface area (TPSA) is 240 Å². The lowest BCUT2D eigenvalue weighted by Crippen LogP contribution is -2.46. The van der Waals surface area contributed by atoms with Gasteiger partial charge in [0.15, 0.2) is 17.1 Å². The van der Waals surface area contributed by atoms with E-state index in [1.165, 1.54) is 68.8 Å². The maximum absolute atomic E-state index is 14.1. The predicted molar refractivity (Wildman–Crippen MR) is 473 cm³/mol. The van der Waals surface area contributed by atoms with E-state index in [9.17, 15) is 51.4 Å². The SMILES string of the molecule is CCOC(=O)[C@H]1C2C=CC(C2)[C@H]1NC(=O)c1nn(-c2ccc(Cl)cc2Cl)c2c1CCCC[C@H]2Cc1cccc(F)c1.COC(=O)[C@@H](Cc1ccc(F)cc1)NC(=O)c1nn(-c2ccc(Cl)cc2Cl)c2c1CCCC[C@H]2Cc1cccc(F)c1.COC(=O)[C@@H](Cc1ccc(O)cc1)NC(=O)c1nn(-c2ccc(Cl)cc2Cl)c2c1CCCC[C@H]2Cc1cccc(F)c1. The molecule has 3 amide bonds. The molecule has 3 heterocycles. The quantitative estimate of drug-likeness (QED) is 0.0153. The van der Waals surface area contributed by atoms with E-state index in [0.29, 0.717) is 104 Å². The van der Waals surface area contributed by atoms with E-state index in [4.69, 9.17) is 99.1 Å². The van der Waals surface area contributed by atoms with Crippen LogP contribution in [0.15, 0.2) is 188 Å². The Morgan fingerprint density at radius 2 is 0.816 bits per heavy atom. The van der Waals surface area contributed by atoms with E-state index < -0.39 is 47.6 Å². The van der Waals surface area contributed by atoms with Crippen molar-refractivity contribution in [1.82, 2.24) is 45.3 Å². The van der Waals surface area contributed by atoms with E-state index >= 15 is 0 Å². The van der Waals surface area contributed by atoms with Crippen molar-refractivity contribution < 1.29 is 65.6 Å². The van der Waals surface area contributed by atoms with E-state index in [-0.39, 0.29) is 94.9 Å². The first-order valence-corrected chi connectivity index (χ1v) is 44.0. The number of rotatable bonds is 23. The van der Waals surface area contributed by atoms with Gasteiger partial charge in [-0.25, -0.2) is 41.2 Å². The summed E-state index contributed by atoms with van der Waals surface area (Å²) in [6.45, 7) is 2.09. The van der Waals surface area contributed by atoms with Crippen LogP contribution in [0.2, 0.25) is 30.1 Å². The number of carbonyl (C=O) groups is 6. The Kier molecular flexibility index (Phi) is 29.7. The Hall–Kier alpha value is -10.8. The number of carbonyl (C=O) groups excluding carboxylic acids is 6. The molecule has 0 saturated heterocycles. The highest BCUT2D eigenvalue weighted by Crippen LogP contribution is 2.47. The van der Waals surface area contributed by atoms with Crippen LogP contribution in [0.3, 0.4) is 0 Å². The molecule has 29 heteroatoms. The van der Waals surface area contributed by atoms with Crippen molar-refractivity contribution >= 4 is 105 Å². The van der Waals surface area contributed by atoms with Gasteiger partial charge in [0, 0.05) is 68.4 Å². The molecule has 16 rings (SSSR count). The van der Waals surface area contributed by atoms with Crippen LogP contribution in [0, 0.1) is 41.0 Å². The van der Waals surface area contributed by atoms with Gasteiger partial charge in [-0.15, -0.1) is 0 Å². The van der Waals surface area contributed by atoms with Crippen molar-refractivity contribution in [2.24, 2.45) is 17.8 Å². The number of phenolic OH excluding ortho intramolecular Hbond substituents is 1. The predicted octanol–water partition coefficient (Wildman–Crippen LogP) is 20.5. The smallest absolute Gasteiger partial charge is 0.328 e. The summed E-state index contributed by atoms with van der Waals surface area (Å²) in [7, 11) is 2.51. The van der Waals surface area contributed by atoms with Gasteiger partial charge in [0.1, 0.15) is 41.1 Å². The molecule has 19 nitrogen and oxygen atoms in total. The summed E-state index contributed by atoms with van der Waals surface area (Å²) >= 11 is 38.5. The van der Waals surface area contributed by atoms with E-state index in [2.05, 4.69) is 28.1 Å². The first-order valence-electron chi connectivity index (χ1n) is 41.7. The normalized spacial score (nSPS) is 18.4. The molecule has 0 aliphatic heterocycles. The molecular formula is C96H91Cl6F4N9O10. The van der Waals surface area contributed by atoms with Gasteiger partial charge in [0.25, 0.3) is 17.7 Å². The number of halogens is 10. The zero-order chi connectivity index (χ0) is 88.3. The molecule has 3 aromatic heterocycles. The number of nitrogens with zero attached hydrogens (tertiary/aromatic N) is 6. The Balaban J connectivity index is 0.000000152. The summed E-state index contributed by atoms with van der Waals surface area (Å²) in [5, 5.41) is 35.4. The van der Waals surface area contributed by atoms with E-state index in [1.54, 1.807) is 124 Å². The zero-order valence-electron chi connectivity index (χ0n) is 68.6. The Morgan fingerprint density at radius 1 is 0.448 bits per heavy atom. The molecule has 11 aromatic rings. The molecule has 650 valence electrons. The summed E-state index contributed by atoms with van der Waals surface area (Å²) in [6.07, 6.45) is 16.6. The second-order valence-electron chi connectivity index (χ2n) is 32.0. The lowest BCUT2D eigenvalue weighted by Gasteiger charge is -2.27. The van der Waals surface area contributed by atoms with Gasteiger partial charge in [-0.3, -0.25) is 19.2 Å². The van der Waals surface area contributed by atoms with Crippen molar-refractivity contribution in [2.75, 3.05) is 20.8 Å². The van der Waals surface area contributed by atoms with Crippen LogP contribution in [0.5, 0.6) is 5.75 Å². The van der Waals surface area contributed by atoms with Crippen LogP contribution >= 0.6 is 69.6 Å². The molecule has 4 N–H and O–H groups in total. The highest BCUT2D eigenvalue weighted by atomic mass is 35.5. The van der Waals surface area contributed by atoms with Crippen molar-refractivity contribution in [2.45, 2.75) is 158 Å². The van der Waals surface area contributed by atoms with Crippen LogP contribution in [0.25, 0.3) is 17.1 Å². The van der Waals surface area contributed by atoms with E-state index in [0.717, 1.165) is 120 Å². The molecule has 2 unspecified atom stereocenters. The number of allylic oxidation sites excluding steroid dienone is 1. The fourth-order valence-corrected chi connectivity index (χ4v) is 19.5. The van der Waals surface area contributed by atoms with Crippen LogP contribution in [-0.2, 0) is 80.0 Å². The average Bonchev–Trinajstić information content (AvgIpc) is 1.62. The molecule has 5 aliphatic carbocycles. The number of phenols is 1. The second kappa shape index (κ2) is 41.1. The van der Waals surface area contributed by atoms with Gasteiger partial charge in [-0.2, -0.15) is 15.3 Å².